The van der Waals surface area contributed by atoms with E-state index in [9.17, 15) is 9.59 Å². The van der Waals surface area contributed by atoms with Crippen LogP contribution < -0.4 is 4.74 Å². The molecule has 1 N–H and O–H groups in total. The lowest BCUT2D eigenvalue weighted by molar-refractivity contribution is -0.146. The smallest absolute Gasteiger partial charge is 0.308 e. The van der Waals surface area contributed by atoms with Gasteiger partial charge in [-0.2, -0.15) is 5.10 Å². The lowest BCUT2D eigenvalue weighted by atomic mass is 9.98. The number of hydrogen-bond donors (Lipinski definition) is 1. The van der Waals surface area contributed by atoms with Crippen LogP contribution in [0.15, 0.2) is 0 Å². The Bertz CT molecular complexity index is 553. The molecule has 0 aromatic carbocycles. The van der Waals surface area contributed by atoms with Crippen LogP contribution in [0, 0.1) is 19.8 Å². The number of rotatable bonds is 4. The molecule has 1 saturated heterocycles. The van der Waals surface area contributed by atoms with Crippen LogP contribution in [0.25, 0.3) is 0 Å². The van der Waals surface area contributed by atoms with Gasteiger partial charge in [0.25, 0.3) is 5.91 Å². The molecule has 1 aliphatic heterocycles. The third kappa shape index (κ3) is 3.34. The molecule has 1 fully saturated rings. The van der Waals surface area contributed by atoms with E-state index in [0.29, 0.717) is 25.1 Å². The Balaban J connectivity index is 1.94. The summed E-state index contributed by atoms with van der Waals surface area (Å²) in [6, 6.07) is 0. The molecule has 0 unspecified atom stereocenters. The number of aliphatic carboxylic acids is 1. The quantitative estimate of drug-likeness (QED) is 0.885. The van der Waals surface area contributed by atoms with Crippen LogP contribution >= 0.6 is 0 Å². The van der Waals surface area contributed by atoms with Gasteiger partial charge in [-0.15, -0.1) is 0 Å². The number of carbonyl (C=O) groups is 2. The summed E-state index contributed by atoms with van der Waals surface area (Å²) in [5.74, 6) is -0.863. The molecule has 7 heteroatoms. The molecule has 1 aromatic rings. The number of carbonyl (C=O) groups excluding carboxylic acids is 1. The zero-order chi connectivity index (χ0) is 15.6. The topological polar surface area (TPSA) is 84.7 Å². The first kappa shape index (κ1) is 15.3. The van der Waals surface area contributed by atoms with Crippen LogP contribution in [0.3, 0.4) is 0 Å². The second kappa shape index (κ2) is 6.15. The van der Waals surface area contributed by atoms with E-state index < -0.39 is 11.9 Å². The number of hydrogen-bond acceptors (Lipinski definition) is 4. The molecule has 0 aliphatic carbocycles. The van der Waals surface area contributed by atoms with Crippen molar-refractivity contribution < 1.29 is 19.4 Å². The molecule has 1 amide bonds. The molecule has 2 heterocycles. The zero-order valence-electron chi connectivity index (χ0n) is 12.6. The van der Waals surface area contributed by atoms with Crippen molar-refractivity contribution in [2.24, 2.45) is 13.0 Å². The van der Waals surface area contributed by atoms with Crippen molar-refractivity contribution in [2.75, 3.05) is 19.7 Å². The van der Waals surface area contributed by atoms with E-state index in [-0.39, 0.29) is 19.1 Å². The summed E-state index contributed by atoms with van der Waals surface area (Å²) in [4.78, 5) is 24.7. The van der Waals surface area contributed by atoms with Crippen LogP contribution in [-0.4, -0.2) is 51.4 Å². The molecular weight excluding hydrogens is 274 g/mol. The van der Waals surface area contributed by atoms with Crippen LogP contribution in [0.4, 0.5) is 0 Å². The molecule has 0 spiro atoms. The molecule has 0 radical (unpaired) electrons. The summed E-state index contributed by atoms with van der Waals surface area (Å²) in [7, 11) is 1.82. The molecule has 7 nitrogen and oxygen atoms in total. The van der Waals surface area contributed by atoms with Crippen molar-refractivity contribution in [2.45, 2.75) is 26.7 Å². The standard InChI is InChI=1S/C14H21N3O4/c1-9-13(10(2)16(3)15-9)21-8-12(18)17-6-4-5-11(7-17)14(19)20/h11H,4-8H2,1-3H3,(H,19,20)/t11-/m0/s1. The van der Waals surface area contributed by atoms with Gasteiger partial charge in [0.15, 0.2) is 12.4 Å². The molecule has 1 atom stereocenters. The van der Waals surface area contributed by atoms with Gasteiger partial charge >= 0.3 is 5.97 Å². The Morgan fingerprint density at radius 1 is 1.43 bits per heavy atom. The molecule has 0 bridgehead atoms. The molecular formula is C14H21N3O4. The highest BCUT2D eigenvalue weighted by Crippen LogP contribution is 2.22. The van der Waals surface area contributed by atoms with E-state index in [4.69, 9.17) is 9.84 Å². The van der Waals surface area contributed by atoms with Gasteiger partial charge in [0.1, 0.15) is 5.69 Å². The number of aryl methyl sites for hydroxylation is 2. The highest BCUT2D eigenvalue weighted by Gasteiger charge is 2.28. The Hall–Kier alpha value is -2.05. The fourth-order valence-electron chi connectivity index (χ4n) is 2.59. The average Bonchev–Trinajstić information content (AvgIpc) is 2.70. The monoisotopic (exact) mass is 295 g/mol. The van der Waals surface area contributed by atoms with Crippen molar-refractivity contribution in [3.63, 3.8) is 0 Å². The van der Waals surface area contributed by atoms with Gasteiger partial charge in [-0.25, -0.2) is 0 Å². The van der Waals surface area contributed by atoms with Crippen LogP contribution in [0.2, 0.25) is 0 Å². The van der Waals surface area contributed by atoms with Gasteiger partial charge in [-0.3, -0.25) is 14.3 Å². The fourth-order valence-corrected chi connectivity index (χ4v) is 2.59. The number of piperidine rings is 1. The Kier molecular flexibility index (Phi) is 4.50. The van der Waals surface area contributed by atoms with Gasteiger partial charge in [0.05, 0.1) is 11.6 Å². The van der Waals surface area contributed by atoms with Crippen molar-refractivity contribution in [3.8, 4) is 5.75 Å². The maximum absolute atomic E-state index is 12.1. The summed E-state index contributed by atoms with van der Waals surface area (Å²) in [5.41, 5.74) is 1.60. The number of ether oxygens (including phenoxy) is 1. The minimum Gasteiger partial charge on any atom is -0.481 e. The highest BCUT2D eigenvalue weighted by atomic mass is 16.5. The summed E-state index contributed by atoms with van der Waals surface area (Å²) in [6.07, 6.45) is 1.34. The van der Waals surface area contributed by atoms with Gasteiger partial charge in [-0.1, -0.05) is 0 Å². The third-order valence-corrected chi connectivity index (χ3v) is 3.91. The van der Waals surface area contributed by atoms with Gasteiger partial charge in [-0.05, 0) is 26.7 Å². The summed E-state index contributed by atoms with van der Waals surface area (Å²) >= 11 is 0. The lowest BCUT2D eigenvalue weighted by Crippen LogP contribution is -2.44. The van der Waals surface area contributed by atoms with Crippen molar-refractivity contribution in [1.82, 2.24) is 14.7 Å². The van der Waals surface area contributed by atoms with Gasteiger partial charge in [0, 0.05) is 20.1 Å². The van der Waals surface area contributed by atoms with E-state index >= 15 is 0 Å². The van der Waals surface area contributed by atoms with Gasteiger partial charge < -0.3 is 14.7 Å². The van der Waals surface area contributed by atoms with Crippen LogP contribution in [-0.2, 0) is 16.6 Å². The van der Waals surface area contributed by atoms with Gasteiger partial charge in [0.2, 0.25) is 0 Å². The van der Waals surface area contributed by atoms with E-state index in [2.05, 4.69) is 5.10 Å². The first-order valence-corrected chi connectivity index (χ1v) is 7.03. The zero-order valence-corrected chi connectivity index (χ0v) is 12.6. The molecule has 1 aromatic heterocycles. The SMILES string of the molecule is Cc1nn(C)c(C)c1OCC(=O)N1CCC[C@H](C(=O)O)C1. The second-order valence-corrected chi connectivity index (χ2v) is 5.43. The summed E-state index contributed by atoms with van der Waals surface area (Å²) in [6.45, 7) is 4.48. The first-order valence-electron chi connectivity index (χ1n) is 7.03. The maximum atomic E-state index is 12.1. The largest absolute Gasteiger partial charge is 0.481 e. The predicted molar refractivity (Wildman–Crippen MR) is 75.1 cm³/mol. The van der Waals surface area contributed by atoms with E-state index in [1.165, 1.54) is 0 Å². The minimum absolute atomic E-state index is 0.0836. The minimum atomic E-state index is -0.840. The third-order valence-electron chi connectivity index (χ3n) is 3.91. The molecule has 1 aliphatic rings. The summed E-state index contributed by atoms with van der Waals surface area (Å²) in [5, 5.41) is 13.3. The number of amides is 1. The molecule has 21 heavy (non-hydrogen) atoms. The van der Waals surface area contributed by atoms with Crippen molar-refractivity contribution in [1.29, 1.82) is 0 Å². The number of carboxylic acids is 1. The number of nitrogens with zero attached hydrogens (tertiary/aromatic N) is 3. The van der Waals surface area contributed by atoms with E-state index in [1.54, 1.807) is 9.58 Å². The first-order chi connectivity index (χ1) is 9.90. The number of likely N-dealkylation sites (tertiary alicyclic amines) is 1. The Morgan fingerprint density at radius 2 is 2.14 bits per heavy atom. The normalized spacial score (nSPS) is 18.6. The molecule has 116 valence electrons. The van der Waals surface area contributed by atoms with Crippen LogP contribution in [0.5, 0.6) is 5.75 Å². The molecule has 0 saturated carbocycles. The van der Waals surface area contributed by atoms with Crippen molar-refractivity contribution >= 4 is 11.9 Å². The highest BCUT2D eigenvalue weighted by molar-refractivity contribution is 5.79. The van der Waals surface area contributed by atoms with E-state index in [0.717, 1.165) is 11.4 Å². The van der Waals surface area contributed by atoms with Crippen LogP contribution in [0.1, 0.15) is 24.2 Å². The number of carboxylic acid groups (broad SMARTS) is 1. The average molecular weight is 295 g/mol. The van der Waals surface area contributed by atoms with E-state index in [1.807, 2.05) is 20.9 Å². The fraction of sp³-hybridized carbons (Fsp3) is 0.643. The second-order valence-electron chi connectivity index (χ2n) is 5.43. The Morgan fingerprint density at radius 3 is 2.71 bits per heavy atom. The lowest BCUT2D eigenvalue weighted by Gasteiger charge is -2.30. The number of aromatic nitrogens is 2. The maximum Gasteiger partial charge on any atom is 0.308 e. The van der Waals surface area contributed by atoms with Crippen molar-refractivity contribution in [3.05, 3.63) is 11.4 Å². The predicted octanol–water partition coefficient (Wildman–Crippen LogP) is 0.739. The summed E-state index contributed by atoms with van der Waals surface area (Å²) < 4.78 is 7.28. The molecule has 2 rings (SSSR count). The Labute approximate surface area is 123 Å².